The van der Waals surface area contributed by atoms with Gasteiger partial charge in [-0.2, -0.15) is 0 Å². The van der Waals surface area contributed by atoms with Gasteiger partial charge in [-0.1, -0.05) is 127 Å². The normalized spacial score (nSPS) is 15.9. The highest BCUT2D eigenvalue weighted by Crippen LogP contribution is 2.32. The Balaban J connectivity index is 0.960. The van der Waals surface area contributed by atoms with Crippen LogP contribution in [0.5, 0.6) is 0 Å². The number of likely N-dealkylation sites (tertiary alicyclic amines) is 1. The van der Waals surface area contributed by atoms with E-state index in [1.807, 2.05) is 120 Å². The zero-order valence-electron chi connectivity index (χ0n) is 60.5. The zero-order chi connectivity index (χ0) is 71.8. The van der Waals surface area contributed by atoms with Crippen molar-refractivity contribution in [1.29, 1.82) is 0 Å². The molecule has 1 saturated heterocycles. The van der Waals surface area contributed by atoms with E-state index in [2.05, 4.69) is 22.5 Å². The number of nitrogens with zero attached hydrogens (tertiary/aromatic N) is 5. The number of benzene rings is 3. The molecule has 2 N–H and O–H groups in total. The number of hydrogen-bond acceptors (Lipinski definition) is 15. The quantitative estimate of drug-likeness (QED) is 0.0411. The number of carbonyl (C=O) groups excluding carboxylic acids is 9. The van der Waals surface area contributed by atoms with Gasteiger partial charge in [-0.15, -0.1) is 0 Å². The van der Waals surface area contributed by atoms with Crippen molar-refractivity contribution in [2.45, 2.75) is 169 Å². The lowest BCUT2D eigenvalue weighted by Gasteiger charge is -2.41. The number of carbonyl (C=O) groups is 9. The Bertz CT molecular complexity index is 3110. The van der Waals surface area contributed by atoms with Crippen LogP contribution in [-0.4, -0.2) is 217 Å². The van der Waals surface area contributed by atoms with E-state index in [4.69, 9.17) is 28.4 Å². The molecule has 540 valence electrons. The molecule has 98 heavy (non-hydrogen) atoms. The molecule has 1 unspecified atom stereocenters. The van der Waals surface area contributed by atoms with E-state index in [1.54, 1.807) is 47.7 Å². The van der Waals surface area contributed by atoms with Gasteiger partial charge in [-0.25, -0.2) is 0 Å². The van der Waals surface area contributed by atoms with Gasteiger partial charge in [0.2, 0.25) is 41.4 Å². The highest BCUT2D eigenvalue weighted by molar-refractivity contribution is 5.96. The van der Waals surface area contributed by atoms with Crippen molar-refractivity contribution in [2.75, 3.05) is 113 Å². The van der Waals surface area contributed by atoms with Crippen LogP contribution in [0.15, 0.2) is 78.9 Å². The summed E-state index contributed by atoms with van der Waals surface area (Å²) in [4.78, 5) is 131. The predicted molar refractivity (Wildman–Crippen MR) is 375 cm³/mol. The van der Waals surface area contributed by atoms with Crippen molar-refractivity contribution in [3.63, 3.8) is 0 Å². The first-order valence-electron chi connectivity index (χ1n) is 35.0. The van der Waals surface area contributed by atoms with Crippen molar-refractivity contribution < 1.29 is 71.6 Å². The maximum absolute atomic E-state index is 14.8. The molecule has 0 saturated carbocycles. The number of nitrogens with one attached hydrogen (secondary N) is 2. The van der Waals surface area contributed by atoms with Gasteiger partial charge in [0.15, 0.2) is 11.6 Å². The largest absolute Gasteiger partial charge is 0.379 e. The summed E-state index contributed by atoms with van der Waals surface area (Å²) in [6, 6.07) is 22.3. The van der Waals surface area contributed by atoms with E-state index < -0.39 is 48.2 Å². The lowest BCUT2D eigenvalue weighted by Crippen LogP contribution is -2.55. The third-order valence-corrected chi connectivity index (χ3v) is 18.9. The highest BCUT2D eigenvalue weighted by Gasteiger charge is 2.44. The monoisotopic (exact) mass is 1360 g/mol. The molecule has 22 heteroatoms. The molecule has 0 aromatic heterocycles. The maximum Gasteiger partial charge on any atom is 0.229 e. The van der Waals surface area contributed by atoms with Gasteiger partial charge in [0.05, 0.1) is 114 Å². The summed E-state index contributed by atoms with van der Waals surface area (Å²) in [6.45, 7) is 18.6. The van der Waals surface area contributed by atoms with Gasteiger partial charge in [0, 0.05) is 104 Å². The first-order valence-corrected chi connectivity index (χ1v) is 35.0. The van der Waals surface area contributed by atoms with Crippen LogP contribution < -0.4 is 15.5 Å². The predicted octanol–water partition coefficient (Wildman–Crippen LogP) is 7.48. The van der Waals surface area contributed by atoms with Crippen LogP contribution in [0.1, 0.15) is 142 Å². The second-order valence-corrected chi connectivity index (χ2v) is 26.5. The number of amides is 7. The number of para-hydroxylation sites is 1. The summed E-state index contributed by atoms with van der Waals surface area (Å²) < 4.78 is 34.5. The average molecular weight is 1360 g/mol. The Morgan fingerprint density at radius 3 is 1.88 bits per heavy atom. The molecule has 1 fully saturated rings. The Labute approximate surface area is 582 Å². The number of methoxy groups -OCH3 is 2. The van der Waals surface area contributed by atoms with Crippen LogP contribution in [-0.2, 0) is 84.5 Å². The van der Waals surface area contributed by atoms with E-state index in [9.17, 15) is 43.2 Å². The van der Waals surface area contributed by atoms with Crippen molar-refractivity contribution in [3.8, 4) is 11.8 Å². The molecular formula is C76H111N7O15. The molecule has 2 heterocycles. The Hall–Kier alpha value is -7.39. The fourth-order valence-electron chi connectivity index (χ4n) is 12.9. The number of ketones is 2. The van der Waals surface area contributed by atoms with Gasteiger partial charge in [-0.3, -0.25) is 43.2 Å². The van der Waals surface area contributed by atoms with Gasteiger partial charge in [0.1, 0.15) is 0 Å². The van der Waals surface area contributed by atoms with Crippen molar-refractivity contribution in [1.82, 2.24) is 30.2 Å². The number of hydrogen-bond donors (Lipinski definition) is 2. The molecular weight excluding hydrogens is 1250 g/mol. The van der Waals surface area contributed by atoms with Crippen LogP contribution in [0.3, 0.4) is 0 Å². The van der Waals surface area contributed by atoms with Gasteiger partial charge in [-0.05, 0) is 79.7 Å². The summed E-state index contributed by atoms with van der Waals surface area (Å²) in [7, 11) is 8.04. The number of rotatable bonds is 44. The second kappa shape index (κ2) is 42.5. The zero-order valence-corrected chi connectivity index (χ0v) is 60.5. The average Bonchev–Trinajstić information content (AvgIpc) is 1.39. The molecule has 0 aliphatic carbocycles. The molecule has 3 aromatic rings. The van der Waals surface area contributed by atoms with Crippen LogP contribution >= 0.6 is 0 Å². The van der Waals surface area contributed by atoms with Gasteiger partial charge in [0.25, 0.3) is 0 Å². The molecule has 0 bridgehead atoms. The van der Waals surface area contributed by atoms with Gasteiger partial charge < -0.3 is 63.6 Å². The Kier molecular flexibility index (Phi) is 35.3. The molecule has 3 aromatic carbocycles. The lowest BCUT2D eigenvalue weighted by atomic mass is 9.83. The molecule has 5 rings (SSSR count). The smallest absolute Gasteiger partial charge is 0.229 e. The maximum atomic E-state index is 14.8. The van der Waals surface area contributed by atoms with E-state index in [1.165, 1.54) is 26.0 Å². The van der Waals surface area contributed by atoms with Crippen LogP contribution in [0.4, 0.5) is 5.69 Å². The molecule has 2 aliphatic heterocycles. The molecule has 0 spiro atoms. The number of ether oxygens (including phenoxy) is 6. The van der Waals surface area contributed by atoms with E-state index in [0.29, 0.717) is 85.0 Å². The minimum Gasteiger partial charge on any atom is -0.379 e. The summed E-state index contributed by atoms with van der Waals surface area (Å²) in [5.41, 5.74) is 4.28. The van der Waals surface area contributed by atoms with E-state index in [0.717, 1.165) is 27.9 Å². The van der Waals surface area contributed by atoms with Crippen molar-refractivity contribution in [2.24, 2.45) is 29.6 Å². The highest BCUT2D eigenvalue weighted by atomic mass is 16.6. The minimum atomic E-state index is -0.820. The molecule has 0 radical (unpaired) electrons. The molecule has 2 aliphatic rings. The number of Topliss-reactive ketones (excluding diaryl/α,β-unsaturated/α-hetero) is 2. The molecule has 9 atom stereocenters. The van der Waals surface area contributed by atoms with Crippen LogP contribution in [0, 0.1) is 41.4 Å². The summed E-state index contributed by atoms with van der Waals surface area (Å²) in [5, 5.41) is 5.76. The summed E-state index contributed by atoms with van der Waals surface area (Å²) in [6.07, 6.45) is 1.49. The van der Waals surface area contributed by atoms with Crippen LogP contribution in [0.25, 0.3) is 0 Å². The topological polar surface area (TPSA) is 249 Å². The third kappa shape index (κ3) is 25.1. The Morgan fingerprint density at radius 2 is 1.26 bits per heavy atom. The summed E-state index contributed by atoms with van der Waals surface area (Å²) >= 11 is 0. The van der Waals surface area contributed by atoms with Crippen LogP contribution in [0.2, 0.25) is 0 Å². The number of likely N-dealkylation sites (N-methyl/N-ethyl adjacent to an activating group) is 3. The first kappa shape index (κ1) is 81.3. The fraction of sp³-hybridized carbons (Fsp3) is 0.618. The molecule has 22 nitrogen and oxygen atoms in total. The fourth-order valence-corrected chi connectivity index (χ4v) is 12.9. The van der Waals surface area contributed by atoms with Crippen molar-refractivity contribution in [3.05, 3.63) is 101 Å². The second-order valence-electron chi connectivity index (χ2n) is 26.5. The summed E-state index contributed by atoms with van der Waals surface area (Å²) in [5.74, 6) is 2.34. The Morgan fingerprint density at radius 1 is 0.653 bits per heavy atom. The number of fused-ring (bicyclic) bond motifs is 2. The minimum absolute atomic E-state index is 0.0455. The van der Waals surface area contributed by atoms with Crippen molar-refractivity contribution >= 4 is 58.6 Å². The lowest BCUT2D eigenvalue weighted by molar-refractivity contribution is -0.150. The first-order chi connectivity index (χ1) is 46.9. The van der Waals surface area contributed by atoms with E-state index in [-0.39, 0.29) is 135 Å². The molecule has 7 amide bonds. The number of anilines is 1. The van der Waals surface area contributed by atoms with E-state index >= 15 is 0 Å². The SMILES string of the molecule is CC[C@H](C)[C@@H]([C@@H](CC(=O)N1CCCC1[C@H](OC)[C@@H](C)C(=O)N[C@H](Cc1ccccc1)C(C)=O)OC)N(C)C(=O)[C@@H](CC(=O)[C@H](C(C)C)N(C)C(=O)CCCC(=O)N(C)CCOCCOCCOCCOCCC(=O)NCCC(=O)N1Cc2ccccc2C#Cc2ccccc21)C(C)C. The third-order valence-electron chi connectivity index (χ3n) is 18.9. The van der Waals surface area contributed by atoms with Gasteiger partial charge >= 0.3 is 0 Å². The standard InChI is InChI=1S/C76H111N7O15/c1-14-54(6)73(66(93-12)50-71(90)82-38-23-30-64(82)74(94-13)55(7)75(91)78-62(56(8)84)48-57-24-16-15-17-25-57)81(11)76(92)61(52(2)3)49-65(85)72(53(4)5)80(10)69(88)32-22-31-68(87)79(9)39-41-96-43-45-98-47-46-97-44-42-95-40-36-67(86)77-37-35-70(89)83-51-60-28-19-18-26-58(60)33-34-59-27-20-21-29-63(59)83/h15-21,24-29,52-55,61-62,64,66,72-74H,14,22-23,30-32,35-51H2,1-13H3,(H,77,86)(H,78,91)/t54-,55+,61-,62+,64?,66+,72-,73-,74+/m0/s1.